The zero-order valence-electron chi connectivity index (χ0n) is 9.52. The fraction of sp³-hybridized carbons (Fsp3) is 0.667. The molecule has 1 saturated carbocycles. The van der Waals surface area contributed by atoms with Crippen LogP contribution in [0.2, 0.25) is 0 Å². The van der Waals surface area contributed by atoms with Crippen LogP contribution in [0, 0.1) is 12.8 Å². The van der Waals surface area contributed by atoms with Gasteiger partial charge < -0.3 is 10.1 Å². The lowest BCUT2D eigenvalue weighted by molar-refractivity contribution is 0.0898. The van der Waals surface area contributed by atoms with E-state index in [1.807, 2.05) is 6.92 Å². The Morgan fingerprint density at radius 1 is 1.25 bits per heavy atom. The predicted octanol–water partition coefficient (Wildman–Crippen LogP) is 1.76. The van der Waals surface area contributed by atoms with Crippen molar-refractivity contribution in [1.82, 2.24) is 9.97 Å². The molecule has 2 aliphatic rings. The molecular formula is C12H17N3O. The summed E-state index contributed by atoms with van der Waals surface area (Å²) in [4.78, 5) is 8.57. The Balaban J connectivity index is 1.71. The van der Waals surface area contributed by atoms with Crippen LogP contribution in [0.1, 0.15) is 25.0 Å². The van der Waals surface area contributed by atoms with Gasteiger partial charge in [-0.05, 0) is 32.1 Å². The third-order valence-corrected chi connectivity index (χ3v) is 3.43. The van der Waals surface area contributed by atoms with Crippen LogP contribution < -0.4 is 5.32 Å². The van der Waals surface area contributed by atoms with Crippen LogP contribution in [0.5, 0.6) is 0 Å². The summed E-state index contributed by atoms with van der Waals surface area (Å²) in [6, 6.07) is 0.419. The maximum absolute atomic E-state index is 5.79. The summed E-state index contributed by atoms with van der Waals surface area (Å²) in [5, 5.41) is 3.48. The molecule has 2 unspecified atom stereocenters. The Labute approximate surface area is 95.4 Å². The molecule has 3 rings (SSSR count). The first-order valence-corrected chi connectivity index (χ1v) is 6.00. The molecule has 2 atom stereocenters. The summed E-state index contributed by atoms with van der Waals surface area (Å²) in [6.07, 6.45) is 7.57. The van der Waals surface area contributed by atoms with Crippen molar-refractivity contribution in [2.24, 2.45) is 5.92 Å². The van der Waals surface area contributed by atoms with Gasteiger partial charge in [-0.25, -0.2) is 4.98 Å². The number of hydrogen-bond donors (Lipinski definition) is 1. The van der Waals surface area contributed by atoms with E-state index < -0.39 is 0 Å². The maximum atomic E-state index is 5.79. The minimum absolute atomic E-state index is 0.390. The molecule has 1 aliphatic heterocycles. The number of ether oxygens (including phenoxy) is 1. The van der Waals surface area contributed by atoms with E-state index in [0.29, 0.717) is 12.1 Å². The van der Waals surface area contributed by atoms with Gasteiger partial charge in [-0.15, -0.1) is 0 Å². The third-order valence-electron chi connectivity index (χ3n) is 3.43. The van der Waals surface area contributed by atoms with Crippen molar-refractivity contribution in [3.05, 3.63) is 18.1 Å². The van der Waals surface area contributed by atoms with E-state index in [-0.39, 0.29) is 0 Å². The van der Waals surface area contributed by atoms with Crippen molar-refractivity contribution in [3.8, 4) is 0 Å². The third kappa shape index (κ3) is 1.89. The second-order valence-electron chi connectivity index (χ2n) is 4.70. The first kappa shape index (κ1) is 10.0. The standard InChI is InChI=1S/C12H17N3O/c1-8-12(14-6-5-13-8)15-10-4-7-16-11(10)9-2-3-9/h5-6,9-11H,2-4,7H2,1H3,(H,14,15). The molecule has 1 aromatic rings. The highest BCUT2D eigenvalue weighted by atomic mass is 16.5. The molecule has 1 aliphatic carbocycles. The molecular weight excluding hydrogens is 202 g/mol. The van der Waals surface area contributed by atoms with E-state index >= 15 is 0 Å². The smallest absolute Gasteiger partial charge is 0.147 e. The summed E-state index contributed by atoms with van der Waals surface area (Å²) >= 11 is 0. The molecule has 0 spiro atoms. The highest BCUT2D eigenvalue weighted by Gasteiger charge is 2.40. The van der Waals surface area contributed by atoms with Gasteiger partial charge in [-0.2, -0.15) is 0 Å². The molecule has 1 N–H and O–H groups in total. The SMILES string of the molecule is Cc1nccnc1NC1CCOC1C1CC1. The molecule has 4 nitrogen and oxygen atoms in total. The van der Waals surface area contributed by atoms with Gasteiger partial charge in [0.05, 0.1) is 17.8 Å². The second kappa shape index (κ2) is 4.01. The lowest BCUT2D eigenvalue weighted by atomic mass is 10.1. The van der Waals surface area contributed by atoms with E-state index in [9.17, 15) is 0 Å². The minimum atomic E-state index is 0.390. The van der Waals surface area contributed by atoms with Gasteiger partial charge in [0, 0.05) is 19.0 Å². The minimum Gasteiger partial charge on any atom is -0.376 e. The first-order chi connectivity index (χ1) is 7.84. The lowest BCUT2D eigenvalue weighted by Gasteiger charge is -2.20. The largest absolute Gasteiger partial charge is 0.376 e. The second-order valence-corrected chi connectivity index (χ2v) is 4.70. The number of hydrogen-bond acceptors (Lipinski definition) is 4. The van der Waals surface area contributed by atoms with E-state index in [1.165, 1.54) is 12.8 Å². The monoisotopic (exact) mass is 219 g/mol. The quantitative estimate of drug-likeness (QED) is 0.841. The highest BCUT2D eigenvalue weighted by molar-refractivity contribution is 5.40. The number of nitrogens with one attached hydrogen (secondary N) is 1. The summed E-state index contributed by atoms with van der Waals surface area (Å²) in [5.41, 5.74) is 0.962. The van der Waals surface area contributed by atoms with Crippen molar-refractivity contribution in [3.63, 3.8) is 0 Å². The maximum Gasteiger partial charge on any atom is 0.147 e. The van der Waals surface area contributed by atoms with Crippen LogP contribution >= 0.6 is 0 Å². The predicted molar refractivity (Wildman–Crippen MR) is 61.3 cm³/mol. The fourth-order valence-electron chi connectivity index (χ4n) is 2.38. The van der Waals surface area contributed by atoms with Crippen molar-refractivity contribution >= 4 is 5.82 Å². The van der Waals surface area contributed by atoms with Crippen LogP contribution in [0.25, 0.3) is 0 Å². The fourth-order valence-corrected chi connectivity index (χ4v) is 2.38. The van der Waals surface area contributed by atoms with Crippen LogP contribution in [-0.4, -0.2) is 28.7 Å². The molecule has 0 bridgehead atoms. The van der Waals surface area contributed by atoms with Crippen molar-refractivity contribution in [1.29, 1.82) is 0 Å². The van der Waals surface area contributed by atoms with Gasteiger partial charge in [-0.1, -0.05) is 0 Å². The Bertz CT molecular complexity index is 378. The van der Waals surface area contributed by atoms with Gasteiger partial charge >= 0.3 is 0 Å². The molecule has 1 saturated heterocycles. The highest BCUT2D eigenvalue weighted by Crippen LogP contribution is 2.39. The zero-order chi connectivity index (χ0) is 11.0. The average molecular weight is 219 g/mol. The van der Waals surface area contributed by atoms with E-state index in [2.05, 4.69) is 15.3 Å². The first-order valence-electron chi connectivity index (χ1n) is 6.00. The Morgan fingerprint density at radius 3 is 2.81 bits per heavy atom. The average Bonchev–Trinajstić information content (AvgIpc) is 3.03. The van der Waals surface area contributed by atoms with Crippen molar-refractivity contribution in [2.45, 2.75) is 38.3 Å². The normalized spacial score (nSPS) is 29.3. The summed E-state index contributed by atoms with van der Waals surface area (Å²) in [7, 11) is 0. The molecule has 16 heavy (non-hydrogen) atoms. The van der Waals surface area contributed by atoms with E-state index in [4.69, 9.17) is 4.74 Å². The van der Waals surface area contributed by atoms with Gasteiger partial charge in [0.25, 0.3) is 0 Å². The number of aryl methyl sites for hydroxylation is 1. The Kier molecular flexibility index (Phi) is 2.52. The van der Waals surface area contributed by atoms with Gasteiger partial charge in [-0.3, -0.25) is 4.98 Å². The van der Waals surface area contributed by atoms with Gasteiger partial charge in [0.15, 0.2) is 0 Å². The Morgan fingerprint density at radius 2 is 2.06 bits per heavy atom. The molecule has 86 valence electrons. The summed E-state index contributed by atoms with van der Waals surface area (Å²) in [6.45, 7) is 2.86. The number of rotatable bonds is 3. The van der Waals surface area contributed by atoms with Crippen molar-refractivity contribution < 1.29 is 4.74 Å². The molecule has 1 aromatic heterocycles. The molecule has 2 heterocycles. The molecule has 0 aromatic carbocycles. The van der Waals surface area contributed by atoms with Crippen LogP contribution in [0.3, 0.4) is 0 Å². The molecule has 4 heteroatoms. The molecule has 0 radical (unpaired) electrons. The molecule has 0 amide bonds. The Hall–Kier alpha value is -1.16. The van der Waals surface area contributed by atoms with Crippen LogP contribution in [-0.2, 0) is 4.74 Å². The zero-order valence-corrected chi connectivity index (χ0v) is 9.52. The summed E-state index contributed by atoms with van der Waals surface area (Å²) < 4.78 is 5.79. The van der Waals surface area contributed by atoms with Crippen molar-refractivity contribution in [2.75, 3.05) is 11.9 Å². The number of nitrogens with zero attached hydrogens (tertiary/aromatic N) is 2. The van der Waals surface area contributed by atoms with Gasteiger partial charge in [0.1, 0.15) is 5.82 Å². The van der Waals surface area contributed by atoms with Crippen LogP contribution in [0.4, 0.5) is 5.82 Å². The van der Waals surface area contributed by atoms with Gasteiger partial charge in [0.2, 0.25) is 0 Å². The number of aromatic nitrogens is 2. The lowest BCUT2D eigenvalue weighted by Crippen LogP contribution is -2.31. The van der Waals surface area contributed by atoms with Crippen LogP contribution in [0.15, 0.2) is 12.4 Å². The number of anilines is 1. The van der Waals surface area contributed by atoms with E-state index in [1.54, 1.807) is 12.4 Å². The van der Waals surface area contributed by atoms with E-state index in [0.717, 1.165) is 30.5 Å². The summed E-state index contributed by atoms with van der Waals surface area (Å²) in [5.74, 6) is 1.68. The topological polar surface area (TPSA) is 47.0 Å². The molecule has 2 fully saturated rings.